The van der Waals surface area contributed by atoms with Gasteiger partial charge in [0, 0.05) is 11.8 Å². The standard InChI is InChI=1S/C19H19N3O4S/c1-13-5-2-3-6-15(13)20-19(23)16-11-17(18-7-4-9-26-18)22(21-16)14-8-10-27(24,25)12-14/h2-7,9,11,14H,8,10,12H2,1H3,(H,20,23). The Morgan fingerprint density at radius 1 is 1.26 bits per heavy atom. The number of nitrogens with zero attached hydrogens (tertiary/aromatic N) is 2. The molecule has 8 heteroatoms. The van der Waals surface area contributed by atoms with Crippen molar-refractivity contribution in [1.82, 2.24) is 9.78 Å². The minimum Gasteiger partial charge on any atom is -0.463 e. The van der Waals surface area contributed by atoms with Crippen LogP contribution in [-0.2, 0) is 9.84 Å². The highest BCUT2D eigenvalue weighted by molar-refractivity contribution is 7.91. The second kappa shape index (κ2) is 6.70. The fraction of sp³-hybridized carbons (Fsp3) is 0.263. The summed E-state index contributed by atoms with van der Waals surface area (Å²) in [6.45, 7) is 1.91. The first-order valence-corrected chi connectivity index (χ1v) is 10.5. The maximum Gasteiger partial charge on any atom is 0.276 e. The van der Waals surface area contributed by atoms with Crippen LogP contribution >= 0.6 is 0 Å². The third-order valence-corrected chi connectivity index (χ3v) is 6.44. The molecule has 0 saturated carbocycles. The molecule has 1 aliphatic rings. The number of nitrogens with one attached hydrogen (secondary N) is 1. The van der Waals surface area contributed by atoms with Gasteiger partial charge < -0.3 is 9.73 Å². The maximum absolute atomic E-state index is 12.7. The quantitative estimate of drug-likeness (QED) is 0.745. The van der Waals surface area contributed by atoms with E-state index in [0.717, 1.165) is 5.56 Å². The van der Waals surface area contributed by atoms with Gasteiger partial charge in [-0.1, -0.05) is 18.2 Å². The van der Waals surface area contributed by atoms with Gasteiger partial charge >= 0.3 is 0 Å². The second-order valence-corrected chi connectivity index (χ2v) is 8.89. The van der Waals surface area contributed by atoms with Crippen LogP contribution in [0.2, 0.25) is 0 Å². The molecule has 0 radical (unpaired) electrons. The van der Waals surface area contributed by atoms with Crippen LogP contribution < -0.4 is 5.32 Å². The van der Waals surface area contributed by atoms with Crippen molar-refractivity contribution in [2.75, 3.05) is 16.8 Å². The molecule has 3 aromatic rings. The van der Waals surface area contributed by atoms with Gasteiger partial charge in [0.05, 0.1) is 23.8 Å². The summed E-state index contributed by atoms with van der Waals surface area (Å²) in [6.07, 6.45) is 2.00. The maximum atomic E-state index is 12.7. The SMILES string of the molecule is Cc1ccccc1NC(=O)c1cc(-c2ccco2)n(C2CCS(=O)(=O)C2)n1. The fourth-order valence-corrected chi connectivity index (χ4v) is 4.95. The summed E-state index contributed by atoms with van der Waals surface area (Å²) in [4.78, 5) is 12.7. The normalized spacial score (nSPS) is 18.5. The first kappa shape index (κ1) is 17.5. The zero-order chi connectivity index (χ0) is 19.0. The molecular weight excluding hydrogens is 366 g/mol. The van der Waals surface area contributed by atoms with Crippen molar-refractivity contribution in [1.29, 1.82) is 0 Å². The molecule has 0 aliphatic carbocycles. The van der Waals surface area contributed by atoms with Crippen LogP contribution in [0.4, 0.5) is 5.69 Å². The summed E-state index contributed by atoms with van der Waals surface area (Å²) in [6, 6.07) is 12.3. The number of para-hydroxylation sites is 1. The number of rotatable bonds is 4. The molecule has 1 aliphatic heterocycles. The molecule has 1 atom stereocenters. The summed E-state index contributed by atoms with van der Waals surface area (Å²) >= 11 is 0. The van der Waals surface area contributed by atoms with Crippen molar-refractivity contribution in [2.24, 2.45) is 0 Å². The highest BCUT2D eigenvalue weighted by atomic mass is 32.2. The van der Waals surface area contributed by atoms with Gasteiger partial charge in [-0.15, -0.1) is 0 Å². The summed E-state index contributed by atoms with van der Waals surface area (Å²) in [5.74, 6) is 0.333. The molecule has 4 rings (SSSR count). The van der Waals surface area contributed by atoms with E-state index in [9.17, 15) is 13.2 Å². The Morgan fingerprint density at radius 2 is 2.07 bits per heavy atom. The number of amides is 1. The highest BCUT2D eigenvalue weighted by Crippen LogP contribution is 2.30. The summed E-state index contributed by atoms with van der Waals surface area (Å²) in [7, 11) is -3.09. The van der Waals surface area contributed by atoms with E-state index >= 15 is 0 Å². The molecule has 1 saturated heterocycles. The Kier molecular flexibility index (Phi) is 4.35. The van der Waals surface area contributed by atoms with E-state index in [0.29, 0.717) is 23.6 Å². The van der Waals surface area contributed by atoms with Gasteiger partial charge in [-0.3, -0.25) is 9.48 Å². The molecule has 2 aromatic heterocycles. The van der Waals surface area contributed by atoms with Crippen molar-refractivity contribution in [2.45, 2.75) is 19.4 Å². The Balaban J connectivity index is 1.69. The average Bonchev–Trinajstić information content (AvgIpc) is 3.35. The van der Waals surface area contributed by atoms with Crippen molar-refractivity contribution >= 4 is 21.4 Å². The number of benzene rings is 1. The summed E-state index contributed by atoms with van der Waals surface area (Å²) in [5, 5.41) is 7.28. The van der Waals surface area contributed by atoms with Crippen molar-refractivity contribution in [3.63, 3.8) is 0 Å². The number of carbonyl (C=O) groups is 1. The predicted molar refractivity (Wildman–Crippen MR) is 101 cm³/mol. The Morgan fingerprint density at radius 3 is 2.74 bits per heavy atom. The molecule has 1 amide bonds. The third kappa shape index (κ3) is 3.52. The highest BCUT2D eigenvalue weighted by Gasteiger charge is 2.32. The van der Waals surface area contributed by atoms with Crippen LogP contribution in [0.15, 0.2) is 53.1 Å². The lowest BCUT2D eigenvalue weighted by Crippen LogP contribution is -2.17. The number of aryl methyl sites for hydroxylation is 1. The fourth-order valence-electron chi connectivity index (χ4n) is 3.26. The number of furan rings is 1. The minimum absolute atomic E-state index is 0.0151. The number of aromatic nitrogens is 2. The monoisotopic (exact) mass is 385 g/mol. The van der Waals surface area contributed by atoms with Crippen LogP contribution in [0.25, 0.3) is 11.5 Å². The lowest BCUT2D eigenvalue weighted by atomic mass is 10.2. The van der Waals surface area contributed by atoms with E-state index in [-0.39, 0.29) is 29.1 Å². The Labute approximate surface area is 156 Å². The molecule has 0 bridgehead atoms. The van der Waals surface area contributed by atoms with Crippen LogP contribution in [0.3, 0.4) is 0 Å². The second-order valence-electron chi connectivity index (χ2n) is 6.66. The number of hydrogen-bond donors (Lipinski definition) is 1. The number of hydrogen-bond acceptors (Lipinski definition) is 5. The topological polar surface area (TPSA) is 94.2 Å². The molecular formula is C19H19N3O4S. The zero-order valence-electron chi connectivity index (χ0n) is 14.8. The van der Waals surface area contributed by atoms with E-state index in [1.54, 1.807) is 22.9 Å². The molecule has 7 nitrogen and oxygen atoms in total. The van der Waals surface area contributed by atoms with Gasteiger partial charge in [-0.25, -0.2) is 8.42 Å². The first-order chi connectivity index (χ1) is 12.9. The summed E-state index contributed by atoms with van der Waals surface area (Å²) in [5.41, 5.74) is 2.46. The van der Waals surface area contributed by atoms with Gasteiger partial charge in [0.15, 0.2) is 21.3 Å². The predicted octanol–water partition coefficient (Wildman–Crippen LogP) is 3.06. The minimum atomic E-state index is -3.09. The van der Waals surface area contributed by atoms with Crippen LogP contribution in [0.1, 0.15) is 28.5 Å². The number of anilines is 1. The third-order valence-electron chi connectivity index (χ3n) is 4.69. The first-order valence-electron chi connectivity index (χ1n) is 8.64. The van der Waals surface area contributed by atoms with E-state index in [1.165, 1.54) is 6.26 Å². The van der Waals surface area contributed by atoms with Gasteiger partial charge in [0.1, 0.15) is 5.69 Å². The molecule has 1 aromatic carbocycles. The zero-order valence-corrected chi connectivity index (χ0v) is 15.6. The molecule has 1 unspecified atom stereocenters. The van der Waals surface area contributed by atoms with Crippen molar-refractivity contribution in [3.05, 3.63) is 60.0 Å². The van der Waals surface area contributed by atoms with Crippen LogP contribution in [-0.4, -0.2) is 35.6 Å². The molecule has 1 fully saturated rings. The van der Waals surface area contributed by atoms with Crippen molar-refractivity contribution < 1.29 is 17.6 Å². The number of carbonyl (C=O) groups excluding carboxylic acids is 1. The van der Waals surface area contributed by atoms with E-state index in [4.69, 9.17) is 4.42 Å². The average molecular weight is 385 g/mol. The Bertz CT molecular complexity index is 1080. The summed E-state index contributed by atoms with van der Waals surface area (Å²) < 4.78 is 30.8. The molecule has 27 heavy (non-hydrogen) atoms. The van der Waals surface area contributed by atoms with E-state index in [1.807, 2.05) is 31.2 Å². The lowest BCUT2D eigenvalue weighted by Gasteiger charge is -2.11. The molecule has 1 N–H and O–H groups in total. The van der Waals surface area contributed by atoms with E-state index in [2.05, 4.69) is 10.4 Å². The van der Waals surface area contributed by atoms with E-state index < -0.39 is 9.84 Å². The van der Waals surface area contributed by atoms with Gasteiger partial charge in [-0.05, 0) is 37.1 Å². The molecule has 0 spiro atoms. The van der Waals surface area contributed by atoms with Gasteiger partial charge in [0.25, 0.3) is 5.91 Å². The lowest BCUT2D eigenvalue weighted by molar-refractivity contribution is 0.102. The largest absolute Gasteiger partial charge is 0.463 e. The number of sulfone groups is 1. The van der Waals surface area contributed by atoms with Crippen LogP contribution in [0.5, 0.6) is 0 Å². The van der Waals surface area contributed by atoms with Gasteiger partial charge in [0.2, 0.25) is 0 Å². The van der Waals surface area contributed by atoms with Crippen molar-refractivity contribution in [3.8, 4) is 11.5 Å². The van der Waals surface area contributed by atoms with Crippen LogP contribution in [0, 0.1) is 6.92 Å². The smallest absolute Gasteiger partial charge is 0.276 e. The molecule has 140 valence electrons. The Hall–Kier alpha value is -2.87. The molecule has 3 heterocycles. The van der Waals surface area contributed by atoms with Gasteiger partial charge in [-0.2, -0.15) is 5.10 Å².